The van der Waals surface area contributed by atoms with Gasteiger partial charge in [0.1, 0.15) is 0 Å². The third-order valence-electron chi connectivity index (χ3n) is 7.06. The summed E-state index contributed by atoms with van der Waals surface area (Å²) in [4.78, 5) is 0. The molecule has 0 amide bonds. The van der Waals surface area contributed by atoms with Crippen LogP contribution in [-0.4, -0.2) is 28.2 Å². The fraction of sp³-hybridized carbons (Fsp3) is 0.276. The zero-order valence-corrected chi connectivity index (χ0v) is 22.5. The molecule has 1 fully saturated rings. The lowest BCUT2D eigenvalue weighted by molar-refractivity contribution is -0.348. The summed E-state index contributed by atoms with van der Waals surface area (Å²) < 4.78 is 96.3. The highest BCUT2D eigenvalue weighted by Crippen LogP contribution is 2.53. The third kappa shape index (κ3) is 5.23. The Bertz CT molecular complexity index is 1570. The van der Waals surface area contributed by atoms with Crippen LogP contribution in [0.5, 0.6) is 0 Å². The molecule has 0 aliphatic heterocycles. The number of nitrogens with zero attached hydrogens (tertiary/aromatic N) is 2. The maximum atomic E-state index is 14.7. The molecule has 1 saturated carbocycles. The van der Waals surface area contributed by atoms with Crippen LogP contribution in [0.15, 0.2) is 60.9 Å². The Labute approximate surface area is 235 Å². The lowest BCUT2D eigenvalue weighted by atomic mass is 9.90. The van der Waals surface area contributed by atoms with E-state index in [2.05, 4.69) is 10.4 Å². The molecule has 216 valence electrons. The average molecular weight is 597 g/mol. The van der Waals surface area contributed by atoms with Crippen molar-refractivity contribution in [1.29, 1.82) is 0 Å². The van der Waals surface area contributed by atoms with Gasteiger partial charge in [0.2, 0.25) is 0 Å². The number of nitrogens with two attached hydrogens (primary N) is 1. The number of nitrogen functional groups attached to an aromatic ring is 1. The number of hydrogen-bond donors (Lipinski definition) is 2. The number of rotatable bonds is 6. The van der Waals surface area contributed by atoms with Crippen LogP contribution >= 0.6 is 11.6 Å². The lowest BCUT2D eigenvalue weighted by Crippen LogP contribution is -2.50. The first-order valence-corrected chi connectivity index (χ1v) is 12.9. The number of anilines is 2. The minimum absolute atomic E-state index is 0.0137. The maximum absolute atomic E-state index is 14.7. The van der Waals surface area contributed by atoms with Gasteiger partial charge in [0.15, 0.2) is 0 Å². The highest BCUT2D eigenvalue weighted by molar-refractivity contribution is 6.34. The van der Waals surface area contributed by atoms with E-state index in [0.29, 0.717) is 28.4 Å². The summed E-state index contributed by atoms with van der Waals surface area (Å²) in [5.74, 6) is 0. The number of alkyl halides is 7. The molecule has 0 bridgehead atoms. The minimum Gasteiger partial charge on any atom is -0.399 e. The molecule has 5 rings (SSSR count). The van der Waals surface area contributed by atoms with E-state index in [4.69, 9.17) is 17.3 Å². The van der Waals surface area contributed by atoms with Crippen LogP contribution in [0.2, 0.25) is 5.02 Å². The summed E-state index contributed by atoms with van der Waals surface area (Å²) >= 11 is 6.64. The van der Waals surface area contributed by atoms with Crippen LogP contribution in [0, 0.1) is 13.8 Å². The monoisotopic (exact) mass is 596 g/mol. The van der Waals surface area contributed by atoms with Crippen LogP contribution in [0.3, 0.4) is 0 Å². The highest BCUT2D eigenvalue weighted by atomic mass is 35.5. The van der Waals surface area contributed by atoms with E-state index >= 15 is 0 Å². The van der Waals surface area contributed by atoms with Crippen molar-refractivity contribution in [2.75, 3.05) is 11.1 Å². The second-order valence-corrected chi connectivity index (χ2v) is 10.6. The lowest BCUT2D eigenvalue weighted by Gasteiger charge is -2.31. The van der Waals surface area contributed by atoms with E-state index in [1.165, 1.54) is 24.7 Å². The van der Waals surface area contributed by atoms with E-state index in [9.17, 15) is 30.7 Å². The Morgan fingerprint density at radius 2 is 1.44 bits per heavy atom. The maximum Gasteiger partial charge on any atom is 0.435 e. The number of hydrogen-bond acceptors (Lipinski definition) is 3. The predicted molar refractivity (Wildman–Crippen MR) is 145 cm³/mol. The summed E-state index contributed by atoms with van der Waals surface area (Å²) in [5.41, 5.74) is 3.22. The molecule has 3 aromatic carbocycles. The molecule has 0 saturated heterocycles. The number of benzene rings is 3. The molecular weight excluding hydrogens is 573 g/mol. The molecule has 1 heterocycles. The van der Waals surface area contributed by atoms with E-state index in [1.54, 1.807) is 24.4 Å². The van der Waals surface area contributed by atoms with Gasteiger partial charge in [0.05, 0.1) is 16.9 Å². The van der Waals surface area contributed by atoms with Gasteiger partial charge in [-0.15, -0.1) is 0 Å². The van der Waals surface area contributed by atoms with Gasteiger partial charge in [-0.2, -0.15) is 31.4 Å². The molecular formula is C29H24ClF7N4. The number of nitrogens with one attached hydrogen (secondary N) is 1. The summed E-state index contributed by atoms with van der Waals surface area (Å²) in [6, 6.07) is 12.3. The molecule has 0 radical (unpaired) electrons. The Kier molecular flexibility index (Phi) is 7.00. The largest absolute Gasteiger partial charge is 0.435 e. The second-order valence-electron chi connectivity index (χ2n) is 10.2. The van der Waals surface area contributed by atoms with E-state index in [1.807, 2.05) is 18.2 Å². The van der Waals surface area contributed by atoms with E-state index < -0.39 is 23.6 Å². The van der Waals surface area contributed by atoms with Crippen LogP contribution in [0.25, 0.3) is 27.9 Å². The fourth-order valence-corrected chi connectivity index (χ4v) is 5.12. The molecule has 4 aromatic rings. The van der Waals surface area contributed by atoms with Crippen LogP contribution in [0.4, 0.5) is 42.1 Å². The Morgan fingerprint density at radius 3 is 1.98 bits per heavy atom. The van der Waals surface area contributed by atoms with Crippen molar-refractivity contribution in [2.45, 2.75) is 50.8 Å². The van der Waals surface area contributed by atoms with Gasteiger partial charge in [-0.1, -0.05) is 35.9 Å². The van der Waals surface area contributed by atoms with Gasteiger partial charge in [0, 0.05) is 45.9 Å². The molecule has 0 spiro atoms. The molecule has 4 nitrogen and oxygen atoms in total. The number of aryl methyl sites for hydroxylation is 2. The molecule has 3 N–H and O–H groups in total. The van der Waals surface area contributed by atoms with Crippen molar-refractivity contribution < 1.29 is 30.7 Å². The van der Waals surface area contributed by atoms with E-state index in [-0.39, 0.29) is 22.9 Å². The van der Waals surface area contributed by atoms with Gasteiger partial charge in [-0.05, 0) is 67.6 Å². The fourth-order valence-electron chi connectivity index (χ4n) is 4.85. The summed E-state index contributed by atoms with van der Waals surface area (Å²) in [6.45, 7) is 2.61. The predicted octanol–water partition coefficient (Wildman–Crippen LogP) is 8.92. The first-order chi connectivity index (χ1) is 19.1. The van der Waals surface area contributed by atoms with Gasteiger partial charge in [-0.25, -0.2) is 9.07 Å². The normalized spacial score (nSPS) is 14.4. The van der Waals surface area contributed by atoms with Crippen LogP contribution in [0.1, 0.15) is 29.5 Å². The molecule has 0 atom stereocenters. The standard InChI is InChI=1S/C29H24ClF7N4/c1-15-9-19(27(31,28(32,33)34)29(35,36)37)10-16(2)26(15)41-14-18(13-39-41)23-11-22(17-3-5-20(38)6-4-17)24(30)12-25(23)40-21-7-8-21/h3-6,9-14,21,40H,7-8,38H2,1-2H3. The van der Waals surface area contributed by atoms with Gasteiger partial charge in [-0.3, -0.25) is 0 Å². The summed E-state index contributed by atoms with van der Waals surface area (Å²) in [7, 11) is 0. The average Bonchev–Trinajstić information content (AvgIpc) is 3.56. The highest BCUT2D eigenvalue weighted by Gasteiger charge is 2.73. The van der Waals surface area contributed by atoms with Gasteiger partial charge in [0.25, 0.3) is 0 Å². The van der Waals surface area contributed by atoms with Crippen molar-refractivity contribution in [2.24, 2.45) is 0 Å². The quantitative estimate of drug-likeness (QED) is 0.173. The van der Waals surface area contributed by atoms with Crippen LogP contribution < -0.4 is 11.1 Å². The first kappa shape index (κ1) is 28.8. The van der Waals surface area contributed by atoms with Crippen LogP contribution in [-0.2, 0) is 5.67 Å². The Balaban J connectivity index is 1.59. The SMILES string of the molecule is Cc1cc(C(F)(C(F)(F)F)C(F)(F)F)cc(C)c1-n1cc(-c2cc(-c3ccc(N)cc3)c(Cl)cc2NC2CC2)cn1. The molecule has 12 heteroatoms. The summed E-state index contributed by atoms with van der Waals surface area (Å²) in [5, 5.41) is 8.29. The molecule has 41 heavy (non-hydrogen) atoms. The first-order valence-electron chi connectivity index (χ1n) is 12.6. The minimum atomic E-state index is -6.20. The molecule has 0 unspecified atom stereocenters. The third-order valence-corrected chi connectivity index (χ3v) is 7.37. The van der Waals surface area contributed by atoms with Gasteiger partial charge >= 0.3 is 18.0 Å². The van der Waals surface area contributed by atoms with Crippen molar-refractivity contribution in [1.82, 2.24) is 9.78 Å². The Morgan fingerprint density at radius 1 is 0.854 bits per heavy atom. The topological polar surface area (TPSA) is 55.9 Å². The van der Waals surface area contributed by atoms with Crippen molar-refractivity contribution in [3.8, 4) is 27.9 Å². The summed E-state index contributed by atoms with van der Waals surface area (Å²) in [6.07, 6.45) is -7.27. The van der Waals surface area contributed by atoms with Crippen molar-refractivity contribution >= 4 is 23.0 Å². The van der Waals surface area contributed by atoms with Crippen molar-refractivity contribution in [3.05, 3.63) is 82.6 Å². The number of aromatic nitrogens is 2. The molecule has 1 aliphatic carbocycles. The Hall–Kier alpha value is -3.73. The van der Waals surface area contributed by atoms with E-state index in [0.717, 1.165) is 35.2 Å². The smallest absolute Gasteiger partial charge is 0.399 e. The molecule has 1 aliphatic rings. The second kappa shape index (κ2) is 9.97. The zero-order chi connectivity index (χ0) is 29.9. The zero-order valence-electron chi connectivity index (χ0n) is 21.8. The number of halogens is 8. The molecule has 1 aromatic heterocycles. The van der Waals surface area contributed by atoms with Gasteiger partial charge < -0.3 is 11.1 Å². The van der Waals surface area contributed by atoms with Crippen molar-refractivity contribution in [3.63, 3.8) is 0 Å².